The molecule has 0 aliphatic heterocycles. The molecule has 2 atom stereocenters. The van der Waals surface area contributed by atoms with Crippen molar-refractivity contribution in [3.05, 3.63) is 60.8 Å². The van der Waals surface area contributed by atoms with Crippen molar-refractivity contribution >= 4 is 19.8 Å². The lowest BCUT2D eigenvalue weighted by Crippen LogP contribution is -2.37. The normalized spacial score (nSPS) is 13.5. The molecule has 0 aromatic carbocycles. The summed E-state index contributed by atoms with van der Waals surface area (Å²) in [6.07, 6.45) is 81.7. The first-order chi connectivity index (χ1) is 39.5. The maximum absolute atomic E-state index is 12.8. The molecule has 0 saturated heterocycles. The van der Waals surface area contributed by atoms with Crippen LogP contribution < -0.4 is 4.89 Å². The Morgan fingerprint density at radius 3 is 1.05 bits per heavy atom. The third-order valence-corrected chi connectivity index (χ3v) is 16.3. The smallest absolute Gasteiger partial charge is 0.306 e. The number of carbonyl (C=O) groups excluding carboxylic acids is 2. The number of rotatable bonds is 64. The predicted molar refractivity (Wildman–Crippen MR) is 347 cm³/mol. The minimum atomic E-state index is -4.63. The van der Waals surface area contributed by atoms with Crippen LogP contribution in [0.25, 0.3) is 0 Å². The molecule has 0 aliphatic rings. The number of ether oxygens (including phenoxy) is 2. The zero-order valence-electron chi connectivity index (χ0n) is 54.0. The molecule has 0 aromatic rings. The molecule has 81 heavy (non-hydrogen) atoms. The van der Waals surface area contributed by atoms with Crippen LogP contribution in [0.2, 0.25) is 0 Å². The van der Waals surface area contributed by atoms with Crippen LogP contribution >= 0.6 is 7.82 Å². The molecule has 0 aromatic heterocycles. The number of phosphoric acid groups is 1. The van der Waals surface area contributed by atoms with Gasteiger partial charge in [-0.05, 0) is 57.8 Å². The van der Waals surface area contributed by atoms with Gasteiger partial charge in [0.2, 0.25) is 0 Å². The SMILES string of the molecule is CC/C=C\C/C=C\C/C=C\C/C=C\C/C=C\CCCCCCCCCCCCCCCCCCCCCCCCCCCC(=O)OC(COC(=O)CCCCCCCCCCCCCCCCCC)COP(=O)([O-])OCC[N+](C)(C)C. The van der Waals surface area contributed by atoms with Gasteiger partial charge in [-0.3, -0.25) is 14.2 Å². The zero-order valence-corrected chi connectivity index (χ0v) is 54.9. The molecule has 474 valence electrons. The van der Waals surface area contributed by atoms with Crippen LogP contribution in [0.4, 0.5) is 0 Å². The highest BCUT2D eigenvalue weighted by molar-refractivity contribution is 7.45. The van der Waals surface area contributed by atoms with E-state index in [0.29, 0.717) is 17.4 Å². The fraction of sp³-hybridized carbons (Fsp3) is 0.831. The van der Waals surface area contributed by atoms with Crippen LogP contribution in [0.5, 0.6) is 0 Å². The van der Waals surface area contributed by atoms with Gasteiger partial charge in [0.15, 0.2) is 6.10 Å². The third-order valence-electron chi connectivity index (χ3n) is 15.3. The molecule has 0 bridgehead atoms. The zero-order chi connectivity index (χ0) is 59.1. The standard InChI is InChI=1S/C71H132NO8P/c1-6-8-10-12-14-16-18-20-22-24-25-26-27-28-29-30-31-32-33-34-35-36-37-38-39-40-41-42-43-44-45-46-47-48-50-52-54-56-58-60-62-64-71(74)80-69(68-79-81(75,76)78-66-65-72(3,4)5)67-77-70(73)63-61-59-57-55-53-51-49-23-21-19-17-15-13-11-9-7-2/h8,10,14,16,20,22,25-26,28-29,69H,6-7,9,11-13,15,17-19,21,23-24,27,30-68H2,1-5H3/b10-8-,16-14-,22-20-,26-25-,29-28-. The summed E-state index contributed by atoms with van der Waals surface area (Å²) in [7, 11) is 1.18. The van der Waals surface area contributed by atoms with E-state index in [0.717, 1.165) is 64.2 Å². The van der Waals surface area contributed by atoms with Gasteiger partial charge in [-0.15, -0.1) is 0 Å². The minimum Gasteiger partial charge on any atom is -0.756 e. The summed E-state index contributed by atoms with van der Waals surface area (Å²) in [5.74, 6) is -0.814. The summed E-state index contributed by atoms with van der Waals surface area (Å²) in [6.45, 7) is 4.18. The third kappa shape index (κ3) is 66.7. The largest absolute Gasteiger partial charge is 0.756 e. The Labute approximate surface area is 502 Å². The maximum Gasteiger partial charge on any atom is 0.306 e. The topological polar surface area (TPSA) is 111 Å². The monoisotopic (exact) mass is 1160 g/mol. The first kappa shape index (κ1) is 78.7. The summed E-state index contributed by atoms with van der Waals surface area (Å²) in [6, 6.07) is 0. The molecule has 0 spiro atoms. The van der Waals surface area contributed by atoms with Gasteiger partial charge in [0, 0.05) is 12.8 Å². The Bertz CT molecular complexity index is 1550. The van der Waals surface area contributed by atoms with Gasteiger partial charge in [-0.2, -0.15) is 0 Å². The van der Waals surface area contributed by atoms with Crippen molar-refractivity contribution in [1.29, 1.82) is 0 Å². The lowest BCUT2D eigenvalue weighted by Gasteiger charge is -2.28. The molecule has 0 rings (SSSR count). The van der Waals surface area contributed by atoms with Crippen molar-refractivity contribution < 1.29 is 42.1 Å². The number of unbranched alkanes of at least 4 members (excludes halogenated alkanes) is 40. The highest BCUT2D eigenvalue weighted by atomic mass is 31.2. The van der Waals surface area contributed by atoms with Crippen molar-refractivity contribution in [1.82, 2.24) is 0 Å². The molecule has 10 heteroatoms. The lowest BCUT2D eigenvalue weighted by molar-refractivity contribution is -0.870. The van der Waals surface area contributed by atoms with Crippen LogP contribution in [0, 0.1) is 0 Å². The van der Waals surface area contributed by atoms with Gasteiger partial charge in [-0.1, -0.05) is 319 Å². The number of quaternary nitrogens is 1. The molecule has 2 unspecified atom stereocenters. The fourth-order valence-corrected chi connectivity index (χ4v) is 10.8. The number of likely N-dealkylation sites (N-methyl/N-ethyl adjacent to an activating group) is 1. The first-order valence-electron chi connectivity index (χ1n) is 34.5. The van der Waals surface area contributed by atoms with Crippen molar-refractivity contribution in [3.8, 4) is 0 Å². The Morgan fingerprint density at radius 1 is 0.395 bits per heavy atom. The van der Waals surface area contributed by atoms with E-state index < -0.39 is 26.5 Å². The predicted octanol–water partition coefficient (Wildman–Crippen LogP) is 21.6. The fourth-order valence-electron chi connectivity index (χ4n) is 10.0. The number of phosphoric ester groups is 1. The van der Waals surface area contributed by atoms with Gasteiger partial charge in [0.05, 0.1) is 27.7 Å². The number of carbonyl (C=O) groups is 2. The summed E-state index contributed by atoms with van der Waals surface area (Å²) < 4.78 is 34.2. The Kier molecular flexibility index (Phi) is 60.5. The van der Waals surface area contributed by atoms with E-state index in [2.05, 4.69) is 74.6 Å². The van der Waals surface area contributed by atoms with Gasteiger partial charge in [-0.25, -0.2) is 0 Å². The average molecular weight is 1160 g/mol. The number of allylic oxidation sites excluding steroid dienone is 10. The van der Waals surface area contributed by atoms with Crippen LogP contribution in [0.15, 0.2) is 60.8 Å². The second-order valence-electron chi connectivity index (χ2n) is 24.5. The van der Waals surface area contributed by atoms with E-state index in [-0.39, 0.29) is 32.0 Å². The lowest BCUT2D eigenvalue weighted by atomic mass is 10.0. The molecular weight excluding hydrogens is 1030 g/mol. The minimum absolute atomic E-state index is 0.0278. The highest BCUT2D eigenvalue weighted by Crippen LogP contribution is 2.38. The van der Waals surface area contributed by atoms with E-state index in [1.807, 2.05) is 21.1 Å². The summed E-state index contributed by atoms with van der Waals surface area (Å²) in [4.78, 5) is 37.9. The first-order valence-corrected chi connectivity index (χ1v) is 36.0. The summed E-state index contributed by atoms with van der Waals surface area (Å²) in [5.41, 5.74) is 0. The van der Waals surface area contributed by atoms with Gasteiger partial charge in [0.1, 0.15) is 19.8 Å². The van der Waals surface area contributed by atoms with Crippen LogP contribution in [0.1, 0.15) is 328 Å². The van der Waals surface area contributed by atoms with E-state index >= 15 is 0 Å². The van der Waals surface area contributed by atoms with E-state index in [1.54, 1.807) is 0 Å². The van der Waals surface area contributed by atoms with E-state index in [4.69, 9.17) is 18.5 Å². The summed E-state index contributed by atoms with van der Waals surface area (Å²) >= 11 is 0. The average Bonchev–Trinajstić information content (AvgIpc) is 3.43. The van der Waals surface area contributed by atoms with Crippen molar-refractivity contribution in [3.63, 3.8) is 0 Å². The molecule has 0 aliphatic carbocycles. The Hall–Kier alpha value is -2.29. The highest BCUT2D eigenvalue weighted by Gasteiger charge is 2.22. The molecule has 0 heterocycles. The second-order valence-corrected chi connectivity index (χ2v) is 25.9. The van der Waals surface area contributed by atoms with Crippen LogP contribution in [0.3, 0.4) is 0 Å². The number of hydrogen-bond donors (Lipinski definition) is 0. The maximum atomic E-state index is 12.8. The van der Waals surface area contributed by atoms with Crippen molar-refractivity contribution in [2.45, 2.75) is 335 Å². The van der Waals surface area contributed by atoms with Crippen LogP contribution in [-0.4, -0.2) is 70.0 Å². The number of hydrogen-bond acceptors (Lipinski definition) is 8. The molecular formula is C71H132NO8P. The van der Waals surface area contributed by atoms with Crippen molar-refractivity contribution in [2.75, 3.05) is 47.5 Å². The quantitative estimate of drug-likeness (QED) is 0.0195. The van der Waals surface area contributed by atoms with Crippen LogP contribution in [-0.2, 0) is 32.7 Å². The summed E-state index contributed by atoms with van der Waals surface area (Å²) in [5, 5.41) is 0. The number of nitrogens with zero attached hydrogens (tertiary/aromatic N) is 1. The molecule has 0 radical (unpaired) electrons. The van der Waals surface area contributed by atoms with Gasteiger partial charge in [0.25, 0.3) is 7.82 Å². The van der Waals surface area contributed by atoms with E-state index in [1.165, 1.54) is 231 Å². The van der Waals surface area contributed by atoms with E-state index in [9.17, 15) is 19.0 Å². The molecule has 0 amide bonds. The molecule has 9 nitrogen and oxygen atoms in total. The second kappa shape index (κ2) is 62.2. The Morgan fingerprint density at radius 2 is 0.704 bits per heavy atom. The molecule has 0 fully saturated rings. The number of esters is 2. The van der Waals surface area contributed by atoms with Gasteiger partial charge < -0.3 is 27.9 Å². The molecule has 0 saturated carbocycles. The molecule has 0 N–H and O–H groups in total. The Balaban J connectivity index is 3.88. The van der Waals surface area contributed by atoms with Crippen molar-refractivity contribution in [2.24, 2.45) is 0 Å². The van der Waals surface area contributed by atoms with Gasteiger partial charge >= 0.3 is 11.9 Å².